The number of hydrogen-bond acceptors (Lipinski definition) is 4. The molecule has 1 fully saturated rings. The summed E-state index contributed by atoms with van der Waals surface area (Å²) in [6, 6.07) is 6.56. The van der Waals surface area contributed by atoms with Gasteiger partial charge >= 0.3 is 0 Å². The van der Waals surface area contributed by atoms with Crippen LogP contribution in [0.4, 0.5) is 0 Å². The molecule has 9 heteroatoms. The first-order valence-corrected chi connectivity index (χ1v) is 9.35. The number of aromatic nitrogens is 3. The molecule has 1 aromatic carbocycles. The van der Waals surface area contributed by atoms with Gasteiger partial charge in [0.2, 0.25) is 10.0 Å². The van der Waals surface area contributed by atoms with Gasteiger partial charge < -0.3 is 14.9 Å². The lowest BCUT2D eigenvalue weighted by Crippen LogP contribution is -2.50. The normalized spacial score (nSPS) is 16.4. The number of hydrogen-bond donors (Lipinski definition) is 2. The standard InChI is InChI=1S/C16H17N5O3S/c22-16(12-3-4-17-10-12)20-5-7-21(8-6-20)25(23,24)13-1-2-14-15(9-13)19-11-18-14/h1-4,9-11,17H,5-8H2,(H,18,19). The van der Waals surface area contributed by atoms with E-state index in [4.69, 9.17) is 0 Å². The Bertz CT molecular complexity index is 1000. The minimum Gasteiger partial charge on any atom is -0.367 e. The number of aromatic amines is 2. The number of nitrogens with one attached hydrogen (secondary N) is 2. The lowest BCUT2D eigenvalue weighted by molar-refractivity contribution is 0.0698. The van der Waals surface area contributed by atoms with Crippen LogP contribution >= 0.6 is 0 Å². The van der Waals surface area contributed by atoms with E-state index in [9.17, 15) is 13.2 Å². The van der Waals surface area contributed by atoms with Gasteiger partial charge in [0.25, 0.3) is 5.91 Å². The fourth-order valence-electron chi connectivity index (χ4n) is 3.00. The minimum absolute atomic E-state index is 0.0859. The first kappa shape index (κ1) is 15.9. The van der Waals surface area contributed by atoms with Crippen LogP contribution in [0.5, 0.6) is 0 Å². The van der Waals surface area contributed by atoms with E-state index in [0.717, 1.165) is 5.52 Å². The zero-order valence-electron chi connectivity index (χ0n) is 13.3. The maximum Gasteiger partial charge on any atom is 0.255 e. The van der Waals surface area contributed by atoms with Gasteiger partial charge in [0.05, 0.1) is 27.8 Å². The van der Waals surface area contributed by atoms with E-state index < -0.39 is 10.0 Å². The number of amides is 1. The van der Waals surface area contributed by atoms with Crippen LogP contribution in [-0.2, 0) is 10.0 Å². The van der Waals surface area contributed by atoms with E-state index in [1.807, 2.05) is 0 Å². The Hall–Kier alpha value is -2.65. The fraction of sp³-hybridized carbons (Fsp3) is 0.250. The minimum atomic E-state index is -3.59. The molecule has 0 aliphatic carbocycles. The van der Waals surface area contributed by atoms with E-state index in [-0.39, 0.29) is 23.9 Å². The van der Waals surface area contributed by atoms with Gasteiger partial charge in [-0.3, -0.25) is 4.79 Å². The van der Waals surface area contributed by atoms with Crippen LogP contribution in [-0.4, -0.2) is 64.7 Å². The molecular formula is C16H17N5O3S. The van der Waals surface area contributed by atoms with Crippen molar-refractivity contribution in [3.05, 3.63) is 48.5 Å². The monoisotopic (exact) mass is 359 g/mol. The summed E-state index contributed by atoms with van der Waals surface area (Å²) in [4.78, 5) is 24.1. The summed E-state index contributed by atoms with van der Waals surface area (Å²) in [7, 11) is -3.59. The smallest absolute Gasteiger partial charge is 0.255 e. The summed E-state index contributed by atoms with van der Waals surface area (Å²) in [5.41, 5.74) is 1.99. The highest BCUT2D eigenvalue weighted by Crippen LogP contribution is 2.21. The third-order valence-electron chi connectivity index (χ3n) is 4.40. The summed E-state index contributed by atoms with van der Waals surface area (Å²) >= 11 is 0. The summed E-state index contributed by atoms with van der Waals surface area (Å²) in [6.45, 7) is 1.30. The summed E-state index contributed by atoms with van der Waals surface area (Å²) < 4.78 is 27.1. The molecule has 1 aliphatic rings. The highest BCUT2D eigenvalue weighted by Gasteiger charge is 2.30. The van der Waals surface area contributed by atoms with E-state index in [1.54, 1.807) is 41.6 Å². The molecule has 2 aromatic heterocycles. The molecule has 25 heavy (non-hydrogen) atoms. The van der Waals surface area contributed by atoms with Gasteiger partial charge in [-0.25, -0.2) is 13.4 Å². The summed E-state index contributed by atoms with van der Waals surface area (Å²) in [5, 5.41) is 0. The molecule has 2 N–H and O–H groups in total. The fourth-order valence-corrected chi connectivity index (χ4v) is 4.44. The van der Waals surface area contributed by atoms with E-state index >= 15 is 0 Å². The van der Waals surface area contributed by atoms with Crippen LogP contribution in [0.1, 0.15) is 10.4 Å². The molecule has 3 heterocycles. The number of carbonyl (C=O) groups excluding carboxylic acids is 1. The molecule has 1 aliphatic heterocycles. The number of carbonyl (C=O) groups is 1. The van der Waals surface area contributed by atoms with E-state index in [1.165, 1.54) is 10.6 Å². The van der Waals surface area contributed by atoms with Crippen molar-refractivity contribution in [1.82, 2.24) is 24.2 Å². The topological polar surface area (TPSA) is 102 Å². The third kappa shape index (κ3) is 2.81. The van der Waals surface area contributed by atoms with E-state index in [0.29, 0.717) is 24.2 Å². The van der Waals surface area contributed by atoms with Crippen molar-refractivity contribution in [1.29, 1.82) is 0 Å². The van der Waals surface area contributed by atoms with Crippen molar-refractivity contribution in [2.75, 3.05) is 26.2 Å². The zero-order valence-corrected chi connectivity index (χ0v) is 14.2. The number of nitrogens with zero attached hydrogens (tertiary/aromatic N) is 3. The number of imidazole rings is 1. The average molecular weight is 359 g/mol. The van der Waals surface area contributed by atoms with E-state index in [2.05, 4.69) is 15.0 Å². The molecule has 0 spiro atoms. The van der Waals surface area contributed by atoms with Gasteiger partial charge in [-0.2, -0.15) is 4.31 Å². The molecule has 8 nitrogen and oxygen atoms in total. The number of fused-ring (bicyclic) bond motifs is 1. The predicted octanol–water partition coefficient (Wildman–Crippen LogP) is 1.04. The second kappa shape index (κ2) is 6.01. The molecule has 1 saturated heterocycles. The number of benzene rings is 1. The van der Waals surface area contributed by atoms with Crippen molar-refractivity contribution in [2.45, 2.75) is 4.90 Å². The van der Waals surface area contributed by atoms with Gasteiger partial charge in [-0.1, -0.05) is 0 Å². The highest BCUT2D eigenvalue weighted by molar-refractivity contribution is 7.89. The zero-order chi connectivity index (χ0) is 17.4. The molecule has 1 amide bonds. The Labute approximate surface area is 144 Å². The summed E-state index contributed by atoms with van der Waals surface area (Å²) in [5.74, 6) is -0.0859. The SMILES string of the molecule is O=C(c1cc[nH]c1)N1CCN(S(=O)(=O)c2ccc3nc[nH]c3c2)CC1. The Morgan fingerprint density at radius 3 is 2.64 bits per heavy atom. The van der Waals surface area contributed by atoms with Crippen LogP contribution in [0, 0.1) is 0 Å². The first-order valence-electron chi connectivity index (χ1n) is 7.91. The lowest BCUT2D eigenvalue weighted by Gasteiger charge is -2.33. The number of sulfonamides is 1. The van der Waals surface area contributed by atoms with Crippen molar-refractivity contribution in [3.63, 3.8) is 0 Å². The van der Waals surface area contributed by atoms with Crippen molar-refractivity contribution >= 4 is 27.0 Å². The average Bonchev–Trinajstić information content (AvgIpc) is 3.32. The molecule has 3 aromatic rings. The molecule has 4 rings (SSSR count). The number of piperazine rings is 1. The highest BCUT2D eigenvalue weighted by atomic mass is 32.2. The lowest BCUT2D eigenvalue weighted by atomic mass is 10.2. The molecule has 0 unspecified atom stereocenters. The predicted molar refractivity (Wildman–Crippen MR) is 91.5 cm³/mol. The largest absolute Gasteiger partial charge is 0.367 e. The maximum absolute atomic E-state index is 12.8. The van der Waals surface area contributed by atoms with Crippen LogP contribution in [0.2, 0.25) is 0 Å². The van der Waals surface area contributed by atoms with Gasteiger partial charge in [0.1, 0.15) is 0 Å². The Balaban J connectivity index is 1.50. The Morgan fingerprint density at radius 1 is 1.12 bits per heavy atom. The maximum atomic E-state index is 12.8. The van der Waals surface area contributed by atoms with Crippen molar-refractivity contribution in [2.24, 2.45) is 0 Å². The van der Waals surface area contributed by atoms with Gasteiger partial charge in [-0.15, -0.1) is 0 Å². The van der Waals surface area contributed by atoms with Gasteiger partial charge in [0, 0.05) is 38.6 Å². The first-order chi connectivity index (χ1) is 12.1. The second-order valence-corrected chi connectivity index (χ2v) is 7.82. The molecule has 0 atom stereocenters. The van der Waals surface area contributed by atoms with Crippen molar-refractivity contribution in [3.8, 4) is 0 Å². The van der Waals surface area contributed by atoms with Crippen LogP contribution in [0.15, 0.2) is 47.9 Å². The number of H-pyrrole nitrogens is 2. The van der Waals surface area contributed by atoms with Crippen molar-refractivity contribution < 1.29 is 13.2 Å². The van der Waals surface area contributed by atoms with Crippen LogP contribution in [0.3, 0.4) is 0 Å². The van der Waals surface area contributed by atoms with Gasteiger partial charge in [-0.05, 0) is 24.3 Å². The molecule has 0 radical (unpaired) electrons. The molecular weight excluding hydrogens is 342 g/mol. The second-order valence-electron chi connectivity index (χ2n) is 5.88. The van der Waals surface area contributed by atoms with Crippen LogP contribution < -0.4 is 0 Å². The van der Waals surface area contributed by atoms with Crippen LogP contribution in [0.25, 0.3) is 11.0 Å². The molecule has 130 valence electrons. The Kier molecular flexibility index (Phi) is 3.81. The quantitative estimate of drug-likeness (QED) is 0.729. The third-order valence-corrected chi connectivity index (χ3v) is 6.29. The molecule has 0 bridgehead atoms. The Morgan fingerprint density at radius 2 is 1.92 bits per heavy atom. The number of rotatable bonds is 3. The summed E-state index contributed by atoms with van der Waals surface area (Å²) in [6.07, 6.45) is 4.87. The van der Waals surface area contributed by atoms with Gasteiger partial charge in [0.15, 0.2) is 0 Å². The molecule has 0 saturated carbocycles.